The van der Waals surface area contributed by atoms with Crippen LogP contribution in [0.5, 0.6) is 0 Å². The average molecular weight is 939 g/mol. The molecule has 0 amide bonds. The van der Waals surface area contributed by atoms with E-state index < -0.39 is 99.3 Å². The van der Waals surface area contributed by atoms with Gasteiger partial charge in [-0.3, -0.25) is 9.59 Å². The van der Waals surface area contributed by atoms with Crippen molar-refractivity contribution in [2.24, 2.45) is 0 Å². The molecule has 2 heterocycles. The van der Waals surface area contributed by atoms with Crippen molar-refractivity contribution in [3.63, 3.8) is 0 Å². The van der Waals surface area contributed by atoms with E-state index in [4.69, 9.17) is 28.4 Å². The molecule has 0 aromatic rings. The van der Waals surface area contributed by atoms with Crippen LogP contribution in [0.1, 0.15) is 155 Å². The van der Waals surface area contributed by atoms with Crippen LogP contribution in [0.4, 0.5) is 0 Å². The molecule has 2 aliphatic heterocycles. The maximum absolute atomic E-state index is 13.0. The van der Waals surface area contributed by atoms with E-state index in [1.807, 2.05) is 0 Å². The second-order valence-electron chi connectivity index (χ2n) is 17.3. The Morgan fingerprint density at radius 1 is 0.500 bits per heavy atom. The molecule has 0 aromatic heterocycles. The summed E-state index contributed by atoms with van der Waals surface area (Å²) in [5.41, 5.74) is 0. The number of ether oxygens (including phenoxy) is 6. The Kier molecular flexibility index (Phi) is 34.2. The highest BCUT2D eigenvalue weighted by molar-refractivity contribution is 5.70. The smallest absolute Gasteiger partial charge is 0.306 e. The van der Waals surface area contributed by atoms with Gasteiger partial charge >= 0.3 is 11.9 Å². The quantitative estimate of drug-likeness (QED) is 0.0201. The normalized spacial score (nSPS) is 26.7. The standard InChI is InChI=1S/C51H86O15/c1-3-5-7-9-11-13-15-17-19-21-23-25-27-29-31-33-42(53)61-36-39(64-43(54)34-32-30-28-26-24-22-20-18-16-14-12-10-8-6-4-2)37-62-50-49(60)47(58)45(56)41(66-50)38-63-51-48(59)46(57)44(55)40(35-52)65-51/h5,7,11-14,17-20,39-41,44-52,55-60H,3-4,6,8-10,15-16,21-38H2,1-2H3. The Morgan fingerprint density at radius 3 is 1.50 bits per heavy atom. The number of aliphatic hydroxyl groups is 7. The fourth-order valence-electron chi connectivity index (χ4n) is 7.38. The molecule has 15 nitrogen and oxygen atoms in total. The van der Waals surface area contributed by atoms with Crippen molar-refractivity contribution in [2.75, 3.05) is 26.4 Å². The molecule has 0 aromatic carbocycles. The van der Waals surface area contributed by atoms with Gasteiger partial charge in [0.2, 0.25) is 0 Å². The van der Waals surface area contributed by atoms with Crippen molar-refractivity contribution in [1.82, 2.24) is 0 Å². The maximum atomic E-state index is 13.0. The molecule has 0 saturated carbocycles. The van der Waals surface area contributed by atoms with Gasteiger partial charge in [0.1, 0.15) is 55.4 Å². The molecule has 2 rings (SSSR count). The van der Waals surface area contributed by atoms with Crippen LogP contribution in [0.25, 0.3) is 0 Å². The second kappa shape index (κ2) is 38.1. The summed E-state index contributed by atoms with van der Waals surface area (Å²) in [5.74, 6) is -0.966. The van der Waals surface area contributed by atoms with E-state index in [9.17, 15) is 45.3 Å². The van der Waals surface area contributed by atoms with E-state index in [1.165, 1.54) is 19.3 Å². The van der Waals surface area contributed by atoms with Crippen molar-refractivity contribution in [1.29, 1.82) is 0 Å². The summed E-state index contributed by atoms with van der Waals surface area (Å²) in [6.45, 7) is 2.40. The van der Waals surface area contributed by atoms with Gasteiger partial charge in [-0.15, -0.1) is 0 Å². The molecule has 11 unspecified atom stereocenters. The number of hydrogen-bond donors (Lipinski definition) is 7. The number of allylic oxidation sites excluding steroid dienone is 10. The number of unbranched alkanes of at least 4 members (excludes halogenated alkanes) is 13. The van der Waals surface area contributed by atoms with Gasteiger partial charge in [-0.1, -0.05) is 126 Å². The number of carbonyl (C=O) groups excluding carboxylic acids is 2. The van der Waals surface area contributed by atoms with Crippen LogP contribution >= 0.6 is 0 Å². The van der Waals surface area contributed by atoms with Crippen LogP contribution in [-0.2, 0) is 38.0 Å². The van der Waals surface area contributed by atoms with Crippen LogP contribution in [0.2, 0.25) is 0 Å². The van der Waals surface area contributed by atoms with Gasteiger partial charge in [-0.2, -0.15) is 0 Å². The van der Waals surface area contributed by atoms with Gasteiger partial charge in [-0.25, -0.2) is 0 Å². The van der Waals surface area contributed by atoms with Gasteiger partial charge in [0, 0.05) is 12.8 Å². The molecule has 66 heavy (non-hydrogen) atoms. The molecule has 380 valence electrons. The van der Waals surface area contributed by atoms with Crippen LogP contribution in [0.3, 0.4) is 0 Å². The Balaban J connectivity index is 1.84. The highest BCUT2D eigenvalue weighted by Crippen LogP contribution is 2.26. The van der Waals surface area contributed by atoms with Gasteiger partial charge in [0.25, 0.3) is 0 Å². The van der Waals surface area contributed by atoms with E-state index in [0.29, 0.717) is 12.8 Å². The Bertz CT molecular complexity index is 1380. The largest absolute Gasteiger partial charge is 0.462 e. The Hall–Kier alpha value is -2.80. The zero-order valence-corrected chi connectivity index (χ0v) is 39.9. The monoisotopic (exact) mass is 939 g/mol. The molecule has 0 spiro atoms. The SMILES string of the molecule is CCC=CCC=CCC=CCCCCCCCC(=O)OCC(COC1OC(COC2OC(CO)C(O)C(O)C2O)C(O)C(O)C1O)OC(=O)CCCCCCCC=CCC=CCCCCC. The van der Waals surface area contributed by atoms with Crippen molar-refractivity contribution in [2.45, 2.75) is 223 Å². The van der Waals surface area contributed by atoms with Crippen molar-refractivity contribution >= 4 is 11.9 Å². The first kappa shape index (κ1) is 59.3. The van der Waals surface area contributed by atoms with Crippen molar-refractivity contribution in [3.05, 3.63) is 60.8 Å². The molecule has 0 aliphatic carbocycles. The average Bonchev–Trinajstić information content (AvgIpc) is 3.31. The maximum Gasteiger partial charge on any atom is 0.306 e. The van der Waals surface area contributed by atoms with Gasteiger partial charge in [0.15, 0.2) is 18.7 Å². The summed E-state index contributed by atoms with van der Waals surface area (Å²) in [5, 5.41) is 72.0. The second-order valence-corrected chi connectivity index (χ2v) is 17.3. The first-order valence-electron chi connectivity index (χ1n) is 24.9. The van der Waals surface area contributed by atoms with Crippen LogP contribution < -0.4 is 0 Å². The van der Waals surface area contributed by atoms with Gasteiger partial charge < -0.3 is 64.2 Å². The summed E-state index contributed by atoms with van der Waals surface area (Å²) in [4.78, 5) is 25.7. The third-order valence-electron chi connectivity index (χ3n) is 11.5. The minimum atomic E-state index is -1.77. The summed E-state index contributed by atoms with van der Waals surface area (Å²) in [7, 11) is 0. The summed E-state index contributed by atoms with van der Waals surface area (Å²) in [6.07, 6.45) is 25.3. The summed E-state index contributed by atoms with van der Waals surface area (Å²) in [6, 6.07) is 0. The lowest BCUT2D eigenvalue weighted by Crippen LogP contribution is -2.61. The third kappa shape index (κ3) is 26.1. The van der Waals surface area contributed by atoms with E-state index in [1.54, 1.807) is 0 Å². The van der Waals surface area contributed by atoms with Crippen molar-refractivity contribution in [3.8, 4) is 0 Å². The van der Waals surface area contributed by atoms with Crippen LogP contribution in [0, 0.1) is 0 Å². The molecular formula is C51H86O15. The number of hydrogen-bond acceptors (Lipinski definition) is 15. The fraction of sp³-hybridized carbons (Fsp3) is 0.765. The molecular weight excluding hydrogens is 853 g/mol. The van der Waals surface area contributed by atoms with E-state index in [2.05, 4.69) is 74.6 Å². The highest BCUT2D eigenvalue weighted by Gasteiger charge is 2.47. The number of aliphatic hydroxyl groups excluding tert-OH is 7. The lowest BCUT2D eigenvalue weighted by atomic mass is 9.98. The highest BCUT2D eigenvalue weighted by atomic mass is 16.7. The fourth-order valence-corrected chi connectivity index (χ4v) is 7.38. The Morgan fingerprint density at radius 2 is 0.955 bits per heavy atom. The first-order valence-corrected chi connectivity index (χ1v) is 24.9. The molecule has 2 saturated heterocycles. The third-order valence-corrected chi connectivity index (χ3v) is 11.5. The first-order chi connectivity index (χ1) is 32.0. The molecule has 15 heteroatoms. The summed E-state index contributed by atoms with van der Waals surface area (Å²) < 4.78 is 33.5. The van der Waals surface area contributed by atoms with Crippen LogP contribution in [0.15, 0.2) is 60.8 Å². The number of esters is 2. The lowest BCUT2D eigenvalue weighted by molar-refractivity contribution is -0.332. The summed E-state index contributed by atoms with van der Waals surface area (Å²) >= 11 is 0. The van der Waals surface area contributed by atoms with Crippen molar-refractivity contribution < 1.29 is 73.8 Å². The molecule has 7 N–H and O–H groups in total. The van der Waals surface area contributed by atoms with E-state index in [-0.39, 0.29) is 19.4 Å². The minimum absolute atomic E-state index is 0.142. The predicted molar refractivity (Wildman–Crippen MR) is 252 cm³/mol. The van der Waals surface area contributed by atoms with Gasteiger partial charge in [-0.05, 0) is 77.0 Å². The minimum Gasteiger partial charge on any atom is -0.462 e. The van der Waals surface area contributed by atoms with Crippen LogP contribution in [-0.4, -0.2) is 142 Å². The molecule has 0 bridgehead atoms. The van der Waals surface area contributed by atoms with E-state index >= 15 is 0 Å². The number of rotatable bonds is 37. The molecule has 0 radical (unpaired) electrons. The zero-order valence-electron chi connectivity index (χ0n) is 39.9. The Labute approximate surface area is 394 Å². The lowest BCUT2D eigenvalue weighted by Gasteiger charge is -2.42. The molecule has 2 fully saturated rings. The van der Waals surface area contributed by atoms with E-state index in [0.717, 1.165) is 96.3 Å². The topological polar surface area (TPSA) is 231 Å². The zero-order chi connectivity index (χ0) is 48.2. The molecule has 2 aliphatic rings. The van der Waals surface area contributed by atoms with Gasteiger partial charge in [0.05, 0.1) is 19.8 Å². The predicted octanol–water partition coefficient (Wildman–Crippen LogP) is 6.49. The molecule has 11 atom stereocenters. The number of carbonyl (C=O) groups is 2.